The summed E-state index contributed by atoms with van der Waals surface area (Å²) in [7, 11) is 1.41. The van der Waals surface area contributed by atoms with E-state index in [1.54, 1.807) is 50.2 Å². The second-order valence-electron chi connectivity index (χ2n) is 9.24. The Labute approximate surface area is 245 Å². The van der Waals surface area contributed by atoms with Gasteiger partial charge in [-0.05, 0) is 56.2 Å². The molecule has 14 heteroatoms. The zero-order chi connectivity index (χ0) is 31.1. The molecule has 0 saturated carbocycles. The van der Waals surface area contributed by atoms with Crippen LogP contribution in [0.5, 0.6) is 11.5 Å². The number of allylic oxidation sites excluding steroid dienone is 1. The van der Waals surface area contributed by atoms with E-state index in [2.05, 4.69) is 21.2 Å². The number of ether oxygens (including phenoxy) is 3. The highest BCUT2D eigenvalue weighted by Gasteiger charge is 2.32. The molecule has 43 heavy (non-hydrogen) atoms. The molecular formula is C29H29N5O9. The Bertz CT molecular complexity index is 1630. The van der Waals surface area contributed by atoms with Gasteiger partial charge in [-0.1, -0.05) is 12.1 Å². The standard InChI is InChI=1S/C29H29N5O9/c1-5-41-28(36)26-17(3)31-29(37)32-27(26)18-7-10-23(24(12-18)40-4)42-15-25(35)33-30-14-20-9-11-22(43-20)21-13-19(34(38)39)8-6-16(21)2/h6-14,27H,5,15H2,1-4H3,(H,33,35)(H2,31,32,37)/b30-14-/t27-/m0/s1. The molecule has 1 atom stereocenters. The van der Waals surface area contributed by atoms with E-state index >= 15 is 0 Å². The predicted octanol–water partition coefficient (Wildman–Crippen LogP) is 3.89. The maximum absolute atomic E-state index is 12.6. The van der Waals surface area contributed by atoms with E-state index in [1.165, 1.54) is 25.5 Å². The molecule has 0 saturated heterocycles. The number of urea groups is 1. The monoisotopic (exact) mass is 591 g/mol. The molecule has 3 amide bonds. The topological polar surface area (TPSA) is 184 Å². The van der Waals surface area contributed by atoms with E-state index in [4.69, 9.17) is 18.6 Å². The summed E-state index contributed by atoms with van der Waals surface area (Å²) in [6.07, 6.45) is 1.29. The van der Waals surface area contributed by atoms with Gasteiger partial charge in [-0.2, -0.15) is 5.10 Å². The first-order chi connectivity index (χ1) is 20.6. The molecule has 0 spiro atoms. The van der Waals surface area contributed by atoms with Crippen molar-refractivity contribution < 1.29 is 37.9 Å². The fourth-order valence-corrected chi connectivity index (χ4v) is 4.31. The van der Waals surface area contributed by atoms with Crippen LogP contribution in [0.1, 0.15) is 36.8 Å². The Morgan fingerprint density at radius 1 is 1.14 bits per heavy atom. The highest BCUT2D eigenvalue weighted by Crippen LogP contribution is 2.34. The van der Waals surface area contributed by atoms with E-state index < -0.39 is 35.5 Å². The Morgan fingerprint density at radius 2 is 1.93 bits per heavy atom. The van der Waals surface area contributed by atoms with Crippen LogP contribution < -0.4 is 25.5 Å². The van der Waals surface area contributed by atoms with Gasteiger partial charge in [0.25, 0.3) is 11.6 Å². The van der Waals surface area contributed by atoms with Crippen LogP contribution in [-0.4, -0.2) is 49.4 Å². The molecule has 3 N–H and O–H groups in total. The van der Waals surface area contributed by atoms with Crippen molar-refractivity contribution in [2.24, 2.45) is 5.10 Å². The molecule has 1 aromatic heterocycles. The first-order valence-corrected chi connectivity index (χ1v) is 13.0. The minimum Gasteiger partial charge on any atom is -0.493 e. The molecule has 4 rings (SSSR count). The number of amides is 3. The zero-order valence-electron chi connectivity index (χ0n) is 23.8. The first kappa shape index (κ1) is 30.3. The number of methoxy groups -OCH3 is 1. The van der Waals surface area contributed by atoms with Crippen molar-refractivity contribution in [3.8, 4) is 22.8 Å². The summed E-state index contributed by atoms with van der Waals surface area (Å²) in [5, 5.41) is 20.3. The van der Waals surface area contributed by atoms with Crippen molar-refractivity contribution in [2.45, 2.75) is 26.8 Å². The number of furan rings is 1. The van der Waals surface area contributed by atoms with E-state index in [9.17, 15) is 24.5 Å². The number of hydrogen-bond acceptors (Lipinski definition) is 10. The molecule has 224 valence electrons. The lowest BCUT2D eigenvalue weighted by molar-refractivity contribution is -0.384. The van der Waals surface area contributed by atoms with Gasteiger partial charge in [-0.3, -0.25) is 14.9 Å². The molecule has 2 heterocycles. The fourth-order valence-electron chi connectivity index (χ4n) is 4.31. The summed E-state index contributed by atoms with van der Waals surface area (Å²) in [6, 6.07) is 11.2. The van der Waals surface area contributed by atoms with Crippen LogP contribution in [0.25, 0.3) is 11.3 Å². The van der Waals surface area contributed by atoms with Gasteiger partial charge < -0.3 is 29.3 Å². The normalized spacial score (nSPS) is 14.6. The van der Waals surface area contributed by atoms with E-state index in [1.807, 2.05) is 6.92 Å². The number of benzene rings is 2. The van der Waals surface area contributed by atoms with Crippen molar-refractivity contribution in [1.82, 2.24) is 16.1 Å². The number of carbonyl (C=O) groups excluding carboxylic acids is 3. The lowest BCUT2D eigenvalue weighted by Crippen LogP contribution is -2.45. The molecule has 0 radical (unpaired) electrons. The van der Waals surface area contributed by atoms with E-state index in [0.29, 0.717) is 28.3 Å². The number of hydrazone groups is 1. The van der Waals surface area contributed by atoms with Crippen LogP contribution in [0.2, 0.25) is 0 Å². The molecular weight excluding hydrogens is 562 g/mol. The van der Waals surface area contributed by atoms with Crippen molar-refractivity contribution in [3.05, 3.63) is 86.8 Å². The van der Waals surface area contributed by atoms with Crippen molar-refractivity contribution >= 4 is 29.8 Å². The SMILES string of the molecule is CCOC(=O)C1=C(C)NC(=O)N[C@H]1c1ccc(OCC(=O)N/N=C\c2ccc(-c3cc([N+](=O)[O-])ccc3C)o2)c(OC)c1. The number of hydrogen-bond donors (Lipinski definition) is 3. The van der Waals surface area contributed by atoms with Crippen LogP contribution in [0, 0.1) is 17.0 Å². The van der Waals surface area contributed by atoms with Crippen LogP contribution in [0.4, 0.5) is 10.5 Å². The summed E-state index contributed by atoms with van der Waals surface area (Å²) >= 11 is 0. The lowest BCUT2D eigenvalue weighted by Gasteiger charge is -2.28. The fraction of sp³-hybridized carbons (Fsp3) is 0.241. The van der Waals surface area contributed by atoms with E-state index in [-0.39, 0.29) is 29.4 Å². The molecule has 14 nitrogen and oxygen atoms in total. The van der Waals surface area contributed by atoms with Gasteiger partial charge in [0.1, 0.15) is 11.5 Å². The molecule has 1 aliphatic rings. The summed E-state index contributed by atoms with van der Waals surface area (Å²) < 4.78 is 21.9. The van der Waals surface area contributed by atoms with Gasteiger partial charge in [-0.25, -0.2) is 15.0 Å². The predicted molar refractivity (Wildman–Crippen MR) is 154 cm³/mol. The van der Waals surface area contributed by atoms with Gasteiger partial charge >= 0.3 is 12.0 Å². The summed E-state index contributed by atoms with van der Waals surface area (Å²) in [4.78, 5) is 47.7. The number of carbonyl (C=O) groups is 3. The lowest BCUT2D eigenvalue weighted by atomic mass is 9.95. The Hall–Kier alpha value is -5.66. The largest absolute Gasteiger partial charge is 0.493 e. The third-order valence-corrected chi connectivity index (χ3v) is 6.35. The number of esters is 1. The molecule has 0 bridgehead atoms. The number of nitrogens with zero attached hydrogens (tertiary/aromatic N) is 2. The quantitative estimate of drug-likeness (QED) is 0.129. The minimum absolute atomic E-state index is 0.0582. The number of nitrogens with one attached hydrogen (secondary N) is 3. The highest BCUT2D eigenvalue weighted by atomic mass is 16.6. The second kappa shape index (κ2) is 13.3. The Kier molecular flexibility index (Phi) is 9.40. The molecule has 3 aromatic rings. The number of non-ortho nitro benzene ring substituents is 1. The van der Waals surface area contributed by atoms with Crippen LogP contribution >= 0.6 is 0 Å². The second-order valence-corrected chi connectivity index (χ2v) is 9.24. The molecule has 0 fully saturated rings. The van der Waals surface area contributed by atoms with E-state index in [0.717, 1.165) is 5.56 Å². The molecule has 1 aliphatic heterocycles. The van der Waals surface area contributed by atoms with Crippen LogP contribution in [-0.2, 0) is 14.3 Å². The summed E-state index contributed by atoms with van der Waals surface area (Å²) in [5.41, 5.74) is 4.79. The van der Waals surface area contributed by atoms with Gasteiger partial charge in [0, 0.05) is 23.4 Å². The molecule has 0 unspecified atom stereocenters. The highest BCUT2D eigenvalue weighted by molar-refractivity contribution is 5.95. The smallest absolute Gasteiger partial charge is 0.338 e. The maximum Gasteiger partial charge on any atom is 0.338 e. The van der Waals surface area contributed by atoms with Crippen molar-refractivity contribution in [3.63, 3.8) is 0 Å². The van der Waals surface area contributed by atoms with Gasteiger partial charge in [-0.15, -0.1) is 0 Å². The minimum atomic E-state index is -0.795. The third kappa shape index (κ3) is 7.16. The van der Waals surface area contributed by atoms with Crippen LogP contribution in [0.3, 0.4) is 0 Å². The maximum atomic E-state index is 12.6. The number of rotatable bonds is 11. The number of aryl methyl sites for hydroxylation is 1. The van der Waals surface area contributed by atoms with Gasteiger partial charge in [0.15, 0.2) is 18.1 Å². The zero-order valence-corrected chi connectivity index (χ0v) is 23.8. The van der Waals surface area contributed by atoms with Crippen molar-refractivity contribution in [1.29, 1.82) is 0 Å². The number of nitro benzene ring substituents is 1. The Balaban J connectivity index is 1.39. The van der Waals surface area contributed by atoms with Crippen molar-refractivity contribution in [2.75, 3.05) is 20.3 Å². The molecule has 0 aliphatic carbocycles. The van der Waals surface area contributed by atoms with Gasteiger partial charge in [0.05, 0.1) is 36.5 Å². The molecule has 2 aromatic carbocycles. The average molecular weight is 592 g/mol. The first-order valence-electron chi connectivity index (χ1n) is 13.0. The third-order valence-electron chi connectivity index (χ3n) is 6.35. The summed E-state index contributed by atoms with van der Waals surface area (Å²) in [6.45, 7) is 4.87. The van der Waals surface area contributed by atoms with Gasteiger partial charge in [0.2, 0.25) is 0 Å². The average Bonchev–Trinajstić information content (AvgIpc) is 3.44. The Morgan fingerprint density at radius 3 is 2.65 bits per heavy atom. The number of nitro groups is 1. The van der Waals surface area contributed by atoms with Crippen LogP contribution in [0.15, 0.2) is 69.3 Å². The summed E-state index contributed by atoms with van der Waals surface area (Å²) in [5.74, 6) is 0.0956.